The first-order valence-corrected chi connectivity index (χ1v) is 11.5. The van der Waals surface area contributed by atoms with Gasteiger partial charge >= 0.3 is 0 Å². The van der Waals surface area contributed by atoms with Crippen LogP contribution in [0, 0.1) is 5.82 Å². The van der Waals surface area contributed by atoms with Crippen molar-refractivity contribution >= 4 is 11.6 Å². The van der Waals surface area contributed by atoms with Crippen LogP contribution in [0.1, 0.15) is 44.5 Å². The summed E-state index contributed by atoms with van der Waals surface area (Å²) in [5, 5.41) is 28.5. The van der Waals surface area contributed by atoms with Crippen molar-refractivity contribution in [3.63, 3.8) is 0 Å². The maximum atomic E-state index is 13.1. The SMILES string of the molecule is COc1ccc([C@@H]2CC(=O)c3c(O)cc(OCc4cn(CC(=O)c5ccc(F)cc5)nn4)cc3O2)cc1O. The third-order valence-electron chi connectivity index (χ3n) is 5.99. The van der Waals surface area contributed by atoms with Crippen LogP contribution in [0.4, 0.5) is 4.39 Å². The molecule has 0 saturated heterocycles. The summed E-state index contributed by atoms with van der Waals surface area (Å²) in [4.78, 5) is 25.1. The third-order valence-corrected chi connectivity index (χ3v) is 5.99. The minimum atomic E-state index is -0.681. The van der Waals surface area contributed by atoms with Crippen molar-refractivity contribution in [3.8, 4) is 28.7 Å². The molecule has 2 heterocycles. The lowest BCUT2D eigenvalue weighted by Crippen LogP contribution is -2.20. The first kappa shape index (κ1) is 24.8. The van der Waals surface area contributed by atoms with Crippen LogP contribution in [-0.2, 0) is 13.2 Å². The van der Waals surface area contributed by atoms with Gasteiger partial charge < -0.3 is 24.4 Å². The number of aromatic hydroxyl groups is 2. The second-order valence-electron chi connectivity index (χ2n) is 8.61. The average molecular weight is 519 g/mol. The number of methoxy groups -OCH3 is 1. The number of benzene rings is 3. The number of ketones is 2. The normalized spacial score (nSPS) is 14.5. The van der Waals surface area contributed by atoms with E-state index in [1.165, 1.54) is 60.5 Å². The summed E-state index contributed by atoms with van der Waals surface area (Å²) >= 11 is 0. The molecule has 0 amide bonds. The van der Waals surface area contributed by atoms with E-state index in [2.05, 4.69) is 10.3 Å². The number of Topliss-reactive ketones (excluding diaryl/α,β-unsaturated/α-hetero) is 2. The zero-order valence-corrected chi connectivity index (χ0v) is 20.1. The molecule has 0 aliphatic carbocycles. The van der Waals surface area contributed by atoms with E-state index in [0.29, 0.717) is 22.6 Å². The molecule has 11 heteroatoms. The second-order valence-corrected chi connectivity index (χ2v) is 8.61. The lowest BCUT2D eigenvalue weighted by Gasteiger charge is -2.26. The fraction of sp³-hybridized carbons (Fsp3) is 0.185. The van der Waals surface area contributed by atoms with E-state index in [4.69, 9.17) is 14.2 Å². The first-order valence-electron chi connectivity index (χ1n) is 11.5. The maximum absolute atomic E-state index is 13.1. The number of fused-ring (bicyclic) bond motifs is 1. The van der Waals surface area contributed by atoms with Gasteiger partial charge in [0.1, 0.15) is 53.6 Å². The molecular formula is C27H22FN3O7. The van der Waals surface area contributed by atoms with Crippen molar-refractivity contribution in [2.75, 3.05) is 7.11 Å². The molecule has 1 aliphatic heterocycles. The number of phenolic OH excluding ortho intramolecular Hbond substituents is 2. The van der Waals surface area contributed by atoms with Gasteiger partial charge in [0.2, 0.25) is 0 Å². The lowest BCUT2D eigenvalue weighted by atomic mass is 9.95. The van der Waals surface area contributed by atoms with Crippen LogP contribution in [-0.4, -0.2) is 43.9 Å². The predicted octanol–water partition coefficient (Wildman–Crippen LogP) is 4.01. The van der Waals surface area contributed by atoms with E-state index in [0.717, 1.165) is 0 Å². The van der Waals surface area contributed by atoms with Gasteiger partial charge in [0, 0.05) is 17.7 Å². The highest BCUT2D eigenvalue weighted by atomic mass is 19.1. The molecule has 0 unspecified atom stereocenters. The number of hydrogen-bond acceptors (Lipinski definition) is 9. The zero-order chi connectivity index (χ0) is 26.8. The van der Waals surface area contributed by atoms with Gasteiger partial charge in [-0.2, -0.15) is 0 Å². The minimum Gasteiger partial charge on any atom is -0.507 e. The van der Waals surface area contributed by atoms with Crippen LogP contribution in [0.25, 0.3) is 0 Å². The average Bonchev–Trinajstić information content (AvgIpc) is 3.34. The molecular weight excluding hydrogens is 497 g/mol. The maximum Gasteiger partial charge on any atom is 0.184 e. The van der Waals surface area contributed by atoms with Gasteiger partial charge in [0.25, 0.3) is 0 Å². The number of rotatable bonds is 8. The van der Waals surface area contributed by atoms with Crippen LogP contribution < -0.4 is 14.2 Å². The zero-order valence-electron chi connectivity index (χ0n) is 20.1. The van der Waals surface area contributed by atoms with Gasteiger partial charge in [-0.05, 0) is 42.0 Å². The summed E-state index contributed by atoms with van der Waals surface area (Å²) in [5.41, 5.74) is 1.39. The van der Waals surface area contributed by atoms with Gasteiger partial charge in [-0.15, -0.1) is 5.10 Å². The number of phenols is 2. The fourth-order valence-corrected chi connectivity index (χ4v) is 4.10. The Kier molecular flexibility index (Phi) is 6.65. The Labute approximate surface area is 215 Å². The molecule has 0 bridgehead atoms. The van der Waals surface area contributed by atoms with Gasteiger partial charge in [0.05, 0.1) is 19.7 Å². The Morgan fingerprint density at radius 2 is 1.92 bits per heavy atom. The molecule has 10 nitrogen and oxygen atoms in total. The number of aromatic nitrogens is 3. The summed E-state index contributed by atoms with van der Waals surface area (Å²) in [6, 6.07) is 12.7. The summed E-state index contributed by atoms with van der Waals surface area (Å²) in [7, 11) is 1.43. The Balaban J connectivity index is 1.27. The molecule has 1 atom stereocenters. The van der Waals surface area contributed by atoms with Crippen molar-refractivity contribution in [1.82, 2.24) is 15.0 Å². The smallest absolute Gasteiger partial charge is 0.184 e. The van der Waals surface area contributed by atoms with Gasteiger partial charge in [0.15, 0.2) is 23.1 Å². The molecule has 38 heavy (non-hydrogen) atoms. The molecule has 0 radical (unpaired) electrons. The van der Waals surface area contributed by atoms with Crippen molar-refractivity contribution < 1.29 is 38.4 Å². The Morgan fingerprint density at radius 3 is 2.66 bits per heavy atom. The van der Waals surface area contributed by atoms with Crippen LogP contribution in [0.15, 0.2) is 60.8 Å². The van der Waals surface area contributed by atoms with E-state index in [1.807, 2.05) is 0 Å². The fourth-order valence-electron chi connectivity index (χ4n) is 4.10. The van der Waals surface area contributed by atoms with Gasteiger partial charge in [-0.25, -0.2) is 9.07 Å². The van der Waals surface area contributed by atoms with Crippen molar-refractivity contribution in [2.24, 2.45) is 0 Å². The standard InChI is InChI=1S/C27H22FN3O7/c1-36-24-7-4-16(8-20(24)32)25-11-22(34)27-21(33)9-19(10-26(27)38-25)37-14-18-12-31(30-29-18)13-23(35)15-2-5-17(28)6-3-15/h2-10,12,25,32-33H,11,13-14H2,1H3/t25-/m0/s1. The topological polar surface area (TPSA) is 133 Å². The van der Waals surface area contributed by atoms with E-state index in [9.17, 15) is 24.2 Å². The number of carbonyl (C=O) groups excluding carboxylic acids is 2. The van der Waals surface area contributed by atoms with Crippen molar-refractivity contribution in [1.29, 1.82) is 0 Å². The van der Waals surface area contributed by atoms with Crippen LogP contribution >= 0.6 is 0 Å². The summed E-state index contributed by atoms with van der Waals surface area (Å²) in [6.45, 7) is -0.122. The van der Waals surface area contributed by atoms with Gasteiger partial charge in [-0.3, -0.25) is 9.59 Å². The molecule has 1 aliphatic rings. The molecule has 0 spiro atoms. The van der Waals surface area contributed by atoms with Crippen molar-refractivity contribution in [2.45, 2.75) is 25.7 Å². The molecule has 0 saturated carbocycles. The number of halogens is 1. The predicted molar refractivity (Wildman–Crippen MR) is 130 cm³/mol. The Bertz CT molecular complexity index is 1520. The molecule has 1 aromatic heterocycles. The first-order chi connectivity index (χ1) is 18.3. The molecule has 4 aromatic rings. The van der Waals surface area contributed by atoms with Crippen LogP contribution in [0.5, 0.6) is 28.7 Å². The van der Waals surface area contributed by atoms with E-state index < -0.39 is 11.9 Å². The van der Waals surface area contributed by atoms with E-state index >= 15 is 0 Å². The highest BCUT2D eigenvalue weighted by Gasteiger charge is 2.31. The monoisotopic (exact) mass is 519 g/mol. The lowest BCUT2D eigenvalue weighted by molar-refractivity contribution is 0.0843. The van der Waals surface area contributed by atoms with E-state index in [1.54, 1.807) is 12.1 Å². The summed E-state index contributed by atoms with van der Waals surface area (Å²) in [6.07, 6.45) is 0.832. The molecule has 0 fully saturated rings. The quantitative estimate of drug-likeness (QED) is 0.331. The van der Waals surface area contributed by atoms with E-state index in [-0.39, 0.29) is 59.7 Å². The molecule has 3 aromatic carbocycles. The number of carbonyl (C=O) groups is 2. The largest absolute Gasteiger partial charge is 0.507 e. The van der Waals surface area contributed by atoms with Crippen molar-refractivity contribution in [3.05, 3.63) is 89.0 Å². The minimum absolute atomic E-state index is 0.0215. The summed E-state index contributed by atoms with van der Waals surface area (Å²) < 4.78 is 31.2. The molecule has 2 N–H and O–H groups in total. The molecule has 194 valence electrons. The Morgan fingerprint density at radius 1 is 1.13 bits per heavy atom. The molecule has 5 rings (SSSR count). The van der Waals surface area contributed by atoms with Crippen LogP contribution in [0.3, 0.4) is 0 Å². The number of ether oxygens (including phenoxy) is 3. The second kappa shape index (κ2) is 10.2. The third kappa shape index (κ3) is 5.12. The number of nitrogens with zero attached hydrogens (tertiary/aromatic N) is 3. The Hall–Kier alpha value is -4.93. The van der Waals surface area contributed by atoms with Crippen LogP contribution in [0.2, 0.25) is 0 Å². The highest BCUT2D eigenvalue weighted by molar-refractivity contribution is 6.02. The van der Waals surface area contributed by atoms with Gasteiger partial charge in [-0.1, -0.05) is 11.3 Å². The number of hydrogen-bond donors (Lipinski definition) is 2. The summed E-state index contributed by atoms with van der Waals surface area (Å²) in [5.74, 6) is -0.713. The highest BCUT2D eigenvalue weighted by Crippen LogP contribution is 2.43.